The molecular formula is C26H28N2O3S. The summed E-state index contributed by atoms with van der Waals surface area (Å²) in [6.45, 7) is 2.11. The molecule has 4 rings (SSSR count). The quantitative estimate of drug-likeness (QED) is 0.573. The number of sulfonamides is 1. The topological polar surface area (TPSA) is 66.5 Å². The third kappa shape index (κ3) is 4.86. The molecular weight excluding hydrogens is 420 g/mol. The van der Waals surface area contributed by atoms with Gasteiger partial charge < -0.3 is 5.32 Å². The molecule has 0 spiro atoms. The molecule has 1 amide bonds. The van der Waals surface area contributed by atoms with Crippen LogP contribution in [-0.4, -0.2) is 20.6 Å². The standard InChI is InChI=1S/C26H28N2O3S/c1-19(22-16-15-21-11-8-12-23(21)17-22)27-26(29)24-13-6-7-14-25(24)28(32(2,30)31)18-20-9-4-3-5-10-20/h3-7,9-10,13-17,19H,8,11-12,18H2,1-2H3,(H,27,29). The number of benzene rings is 3. The van der Waals surface area contributed by atoms with Crippen LogP contribution in [0.15, 0.2) is 72.8 Å². The summed E-state index contributed by atoms with van der Waals surface area (Å²) in [5.41, 5.74) is 5.36. The van der Waals surface area contributed by atoms with E-state index in [4.69, 9.17) is 0 Å². The van der Waals surface area contributed by atoms with Gasteiger partial charge in [-0.25, -0.2) is 8.42 Å². The highest BCUT2D eigenvalue weighted by Gasteiger charge is 2.24. The van der Waals surface area contributed by atoms with Crippen LogP contribution in [0.5, 0.6) is 0 Å². The molecule has 3 aromatic rings. The van der Waals surface area contributed by atoms with Gasteiger partial charge in [0.15, 0.2) is 0 Å². The summed E-state index contributed by atoms with van der Waals surface area (Å²) in [6.07, 6.45) is 4.54. The summed E-state index contributed by atoms with van der Waals surface area (Å²) in [6, 6.07) is 22.4. The monoisotopic (exact) mass is 448 g/mol. The van der Waals surface area contributed by atoms with Crippen LogP contribution < -0.4 is 9.62 Å². The summed E-state index contributed by atoms with van der Waals surface area (Å²) < 4.78 is 26.6. The van der Waals surface area contributed by atoms with E-state index in [0.29, 0.717) is 11.3 Å². The second-order valence-corrected chi connectivity index (χ2v) is 10.3. The molecule has 32 heavy (non-hydrogen) atoms. The Morgan fingerprint density at radius 2 is 1.66 bits per heavy atom. The summed E-state index contributed by atoms with van der Waals surface area (Å²) in [7, 11) is -3.61. The Morgan fingerprint density at radius 1 is 0.969 bits per heavy atom. The third-order valence-corrected chi connectivity index (χ3v) is 7.08. The second kappa shape index (κ2) is 9.17. The first kappa shape index (κ1) is 22.1. The van der Waals surface area contributed by atoms with E-state index in [-0.39, 0.29) is 18.5 Å². The Hall–Kier alpha value is -3.12. The Morgan fingerprint density at radius 3 is 2.41 bits per heavy atom. The van der Waals surface area contributed by atoms with Gasteiger partial charge in [0.05, 0.1) is 30.1 Å². The highest BCUT2D eigenvalue weighted by atomic mass is 32.2. The Labute approximate surface area is 190 Å². The minimum atomic E-state index is -3.61. The number of rotatable bonds is 7. The Kier molecular flexibility index (Phi) is 6.33. The van der Waals surface area contributed by atoms with E-state index < -0.39 is 10.0 Å². The first-order chi connectivity index (χ1) is 15.3. The van der Waals surface area contributed by atoms with Gasteiger partial charge in [0.1, 0.15) is 0 Å². The number of nitrogens with zero attached hydrogens (tertiary/aromatic N) is 1. The zero-order valence-electron chi connectivity index (χ0n) is 18.4. The number of aryl methyl sites for hydroxylation is 2. The maximum atomic E-state index is 13.2. The summed E-state index contributed by atoms with van der Waals surface area (Å²) >= 11 is 0. The van der Waals surface area contributed by atoms with Crippen molar-refractivity contribution in [2.24, 2.45) is 0 Å². The number of amides is 1. The first-order valence-electron chi connectivity index (χ1n) is 10.9. The van der Waals surface area contributed by atoms with Gasteiger partial charge in [-0.05, 0) is 60.6 Å². The smallest absolute Gasteiger partial charge is 0.253 e. The van der Waals surface area contributed by atoms with Crippen molar-refractivity contribution >= 4 is 21.6 Å². The van der Waals surface area contributed by atoms with Crippen molar-refractivity contribution in [3.8, 4) is 0 Å². The average molecular weight is 449 g/mol. The lowest BCUT2D eigenvalue weighted by Gasteiger charge is -2.25. The zero-order chi connectivity index (χ0) is 22.7. The van der Waals surface area contributed by atoms with E-state index in [1.807, 2.05) is 37.3 Å². The van der Waals surface area contributed by atoms with Gasteiger partial charge in [0.2, 0.25) is 10.0 Å². The minimum Gasteiger partial charge on any atom is -0.345 e. The second-order valence-electron chi connectivity index (χ2n) is 8.35. The van der Waals surface area contributed by atoms with Crippen LogP contribution in [-0.2, 0) is 29.4 Å². The van der Waals surface area contributed by atoms with Crippen LogP contribution in [0.3, 0.4) is 0 Å². The van der Waals surface area contributed by atoms with E-state index >= 15 is 0 Å². The van der Waals surface area contributed by atoms with Crippen LogP contribution in [0.2, 0.25) is 0 Å². The van der Waals surface area contributed by atoms with Crippen LogP contribution in [0.25, 0.3) is 0 Å². The molecule has 0 aromatic heterocycles. The van der Waals surface area contributed by atoms with Gasteiger partial charge in [0.25, 0.3) is 5.91 Å². The molecule has 166 valence electrons. The van der Waals surface area contributed by atoms with Crippen LogP contribution >= 0.6 is 0 Å². The molecule has 0 bridgehead atoms. The fourth-order valence-corrected chi connectivity index (χ4v) is 5.13. The maximum absolute atomic E-state index is 13.2. The van der Waals surface area contributed by atoms with Crippen molar-refractivity contribution < 1.29 is 13.2 Å². The number of hydrogen-bond donors (Lipinski definition) is 1. The fraction of sp³-hybridized carbons (Fsp3) is 0.269. The number of anilines is 1. The van der Waals surface area contributed by atoms with Crippen molar-refractivity contribution in [1.29, 1.82) is 0 Å². The lowest BCUT2D eigenvalue weighted by molar-refractivity contribution is 0.0940. The molecule has 5 nitrogen and oxygen atoms in total. The largest absolute Gasteiger partial charge is 0.345 e. The Balaban J connectivity index is 1.60. The van der Waals surface area contributed by atoms with Gasteiger partial charge >= 0.3 is 0 Å². The Bertz CT molecular complexity index is 1220. The third-order valence-electron chi connectivity index (χ3n) is 5.96. The lowest BCUT2D eigenvalue weighted by atomic mass is 10.0. The highest BCUT2D eigenvalue weighted by molar-refractivity contribution is 7.92. The van der Waals surface area contributed by atoms with Crippen molar-refractivity contribution in [2.75, 3.05) is 10.6 Å². The maximum Gasteiger partial charge on any atom is 0.253 e. The van der Waals surface area contributed by atoms with Crippen LogP contribution in [0.4, 0.5) is 5.69 Å². The number of fused-ring (bicyclic) bond motifs is 1. The molecule has 6 heteroatoms. The molecule has 0 heterocycles. The van der Waals surface area contributed by atoms with Gasteiger partial charge in [-0.15, -0.1) is 0 Å². The molecule has 1 aliphatic rings. The first-order valence-corrected chi connectivity index (χ1v) is 12.7. The normalized spacial score (nSPS) is 13.9. The van der Waals surface area contributed by atoms with Gasteiger partial charge in [-0.1, -0.05) is 60.7 Å². The average Bonchev–Trinajstić information content (AvgIpc) is 3.25. The molecule has 1 aliphatic carbocycles. The van der Waals surface area contributed by atoms with E-state index in [1.165, 1.54) is 21.9 Å². The van der Waals surface area contributed by atoms with Crippen molar-refractivity contribution in [2.45, 2.75) is 38.8 Å². The van der Waals surface area contributed by atoms with E-state index in [2.05, 4.69) is 23.5 Å². The zero-order valence-corrected chi connectivity index (χ0v) is 19.2. The van der Waals surface area contributed by atoms with E-state index in [9.17, 15) is 13.2 Å². The predicted octanol–water partition coefficient (Wildman–Crippen LogP) is 4.63. The van der Waals surface area contributed by atoms with E-state index in [1.54, 1.807) is 24.3 Å². The molecule has 0 aliphatic heterocycles. The van der Waals surface area contributed by atoms with Crippen LogP contribution in [0, 0.1) is 0 Å². The predicted molar refractivity (Wildman–Crippen MR) is 128 cm³/mol. The molecule has 1 atom stereocenters. The van der Waals surface area contributed by atoms with Crippen LogP contribution in [0.1, 0.15) is 52.0 Å². The lowest BCUT2D eigenvalue weighted by Crippen LogP contribution is -2.33. The van der Waals surface area contributed by atoms with Gasteiger partial charge in [-0.3, -0.25) is 9.10 Å². The molecule has 0 saturated carbocycles. The number of carbonyl (C=O) groups excluding carboxylic acids is 1. The molecule has 3 aromatic carbocycles. The molecule has 0 radical (unpaired) electrons. The molecule has 0 fully saturated rings. The molecule has 1 unspecified atom stereocenters. The number of hydrogen-bond acceptors (Lipinski definition) is 3. The summed E-state index contributed by atoms with van der Waals surface area (Å²) in [5, 5.41) is 3.05. The molecule has 1 N–H and O–H groups in total. The highest BCUT2D eigenvalue weighted by Crippen LogP contribution is 2.28. The van der Waals surface area contributed by atoms with Crippen molar-refractivity contribution in [3.05, 3.63) is 101 Å². The number of nitrogens with one attached hydrogen (secondary N) is 1. The summed E-state index contributed by atoms with van der Waals surface area (Å²) in [5.74, 6) is -0.296. The summed E-state index contributed by atoms with van der Waals surface area (Å²) in [4.78, 5) is 13.2. The van der Waals surface area contributed by atoms with Gasteiger partial charge in [0, 0.05) is 0 Å². The van der Waals surface area contributed by atoms with Gasteiger partial charge in [-0.2, -0.15) is 0 Å². The van der Waals surface area contributed by atoms with E-state index in [0.717, 1.165) is 30.2 Å². The number of para-hydroxylation sites is 1. The number of carbonyl (C=O) groups is 1. The van der Waals surface area contributed by atoms with Crippen molar-refractivity contribution in [1.82, 2.24) is 5.32 Å². The minimum absolute atomic E-state index is 0.157. The SMILES string of the molecule is CC(NC(=O)c1ccccc1N(Cc1ccccc1)S(C)(=O)=O)c1ccc2c(c1)CCC2. The fourth-order valence-electron chi connectivity index (χ4n) is 4.23. The van der Waals surface area contributed by atoms with Crippen molar-refractivity contribution in [3.63, 3.8) is 0 Å². The molecule has 0 saturated heterocycles.